The van der Waals surface area contributed by atoms with Crippen LogP contribution in [-0.4, -0.2) is 29.5 Å². The SMILES string of the molecule is Cn1cnc(Cn2cc3c(N)ccnc3n2)n1. The van der Waals surface area contributed by atoms with Crippen molar-refractivity contribution in [2.24, 2.45) is 7.05 Å². The van der Waals surface area contributed by atoms with Gasteiger partial charge in [-0.1, -0.05) is 0 Å². The largest absolute Gasteiger partial charge is 0.398 e. The van der Waals surface area contributed by atoms with E-state index in [0.717, 1.165) is 5.39 Å². The summed E-state index contributed by atoms with van der Waals surface area (Å²) < 4.78 is 3.40. The number of fused-ring (bicyclic) bond motifs is 1. The molecule has 3 aromatic heterocycles. The molecule has 86 valence electrons. The fourth-order valence-corrected chi connectivity index (χ4v) is 1.67. The molecule has 0 saturated heterocycles. The third kappa shape index (κ3) is 1.71. The summed E-state index contributed by atoms with van der Waals surface area (Å²) in [6, 6.07) is 1.76. The van der Waals surface area contributed by atoms with Gasteiger partial charge in [-0.2, -0.15) is 10.2 Å². The number of rotatable bonds is 2. The minimum atomic E-state index is 0.511. The number of hydrogen-bond donors (Lipinski definition) is 1. The van der Waals surface area contributed by atoms with Gasteiger partial charge in [0.15, 0.2) is 11.5 Å². The van der Waals surface area contributed by atoms with Gasteiger partial charge in [0.05, 0.1) is 5.39 Å². The van der Waals surface area contributed by atoms with Crippen LogP contribution in [0.15, 0.2) is 24.8 Å². The Balaban J connectivity index is 1.98. The molecule has 0 saturated carbocycles. The third-order valence-electron chi connectivity index (χ3n) is 2.45. The molecule has 0 aliphatic rings. The van der Waals surface area contributed by atoms with E-state index in [9.17, 15) is 0 Å². The number of anilines is 1. The Morgan fingerprint density at radius 1 is 1.29 bits per heavy atom. The Bertz CT molecular complexity index is 666. The highest BCUT2D eigenvalue weighted by atomic mass is 15.3. The summed E-state index contributed by atoms with van der Waals surface area (Å²) >= 11 is 0. The number of aryl methyl sites for hydroxylation is 1. The average molecular weight is 229 g/mol. The molecule has 7 nitrogen and oxygen atoms in total. The lowest BCUT2D eigenvalue weighted by molar-refractivity contribution is 0.647. The van der Waals surface area contributed by atoms with Crippen molar-refractivity contribution in [2.45, 2.75) is 6.54 Å². The third-order valence-corrected chi connectivity index (χ3v) is 2.45. The molecule has 2 N–H and O–H groups in total. The number of pyridine rings is 1. The number of nitrogens with zero attached hydrogens (tertiary/aromatic N) is 6. The quantitative estimate of drug-likeness (QED) is 0.677. The number of nitrogens with two attached hydrogens (primary N) is 1. The molecule has 0 aromatic carbocycles. The topological polar surface area (TPSA) is 87.4 Å². The van der Waals surface area contributed by atoms with Crippen LogP contribution < -0.4 is 5.73 Å². The van der Waals surface area contributed by atoms with E-state index in [1.165, 1.54) is 0 Å². The summed E-state index contributed by atoms with van der Waals surface area (Å²) in [6.07, 6.45) is 5.16. The zero-order valence-electron chi connectivity index (χ0n) is 9.28. The maximum Gasteiger partial charge on any atom is 0.183 e. The molecule has 0 spiro atoms. The van der Waals surface area contributed by atoms with Gasteiger partial charge in [0.2, 0.25) is 0 Å². The first-order chi connectivity index (χ1) is 8.22. The van der Waals surface area contributed by atoms with Crippen LogP contribution in [0.3, 0.4) is 0 Å². The van der Waals surface area contributed by atoms with E-state index in [1.54, 1.807) is 28.0 Å². The molecule has 0 amide bonds. The molecule has 0 atom stereocenters. The van der Waals surface area contributed by atoms with Crippen molar-refractivity contribution in [3.8, 4) is 0 Å². The van der Waals surface area contributed by atoms with Gasteiger partial charge in [-0.25, -0.2) is 9.97 Å². The maximum atomic E-state index is 5.84. The van der Waals surface area contributed by atoms with E-state index in [-0.39, 0.29) is 0 Å². The van der Waals surface area contributed by atoms with Crippen molar-refractivity contribution in [3.63, 3.8) is 0 Å². The van der Waals surface area contributed by atoms with Crippen LogP contribution in [0.2, 0.25) is 0 Å². The van der Waals surface area contributed by atoms with Gasteiger partial charge in [-0.3, -0.25) is 9.36 Å². The van der Waals surface area contributed by atoms with E-state index in [2.05, 4.69) is 20.2 Å². The van der Waals surface area contributed by atoms with Crippen molar-refractivity contribution in [1.82, 2.24) is 29.5 Å². The summed E-state index contributed by atoms with van der Waals surface area (Å²) in [4.78, 5) is 8.29. The smallest absolute Gasteiger partial charge is 0.183 e. The fraction of sp³-hybridized carbons (Fsp3) is 0.200. The summed E-state index contributed by atoms with van der Waals surface area (Å²) in [6.45, 7) is 0.511. The zero-order chi connectivity index (χ0) is 11.8. The molecular formula is C10H11N7. The summed E-state index contributed by atoms with van der Waals surface area (Å²) in [7, 11) is 1.83. The first kappa shape index (κ1) is 9.76. The first-order valence-electron chi connectivity index (χ1n) is 5.14. The lowest BCUT2D eigenvalue weighted by Gasteiger charge is -1.94. The molecule has 0 radical (unpaired) electrons. The molecule has 17 heavy (non-hydrogen) atoms. The second-order valence-electron chi connectivity index (χ2n) is 3.80. The van der Waals surface area contributed by atoms with E-state index >= 15 is 0 Å². The lowest BCUT2D eigenvalue weighted by Crippen LogP contribution is -2.02. The molecule has 0 aliphatic carbocycles. The lowest BCUT2D eigenvalue weighted by atomic mass is 10.3. The van der Waals surface area contributed by atoms with Crippen LogP contribution in [0.5, 0.6) is 0 Å². The molecule has 3 aromatic rings. The minimum Gasteiger partial charge on any atom is -0.398 e. The van der Waals surface area contributed by atoms with E-state index in [4.69, 9.17) is 5.73 Å². The standard InChI is InChI=1S/C10H11N7/c1-16-6-13-9(14-16)5-17-4-7-8(11)2-3-12-10(7)15-17/h2-4,6H,5,11H2,1H3. The normalized spacial score (nSPS) is 11.1. The highest BCUT2D eigenvalue weighted by Crippen LogP contribution is 2.16. The first-order valence-corrected chi connectivity index (χ1v) is 5.14. The second kappa shape index (κ2) is 3.55. The minimum absolute atomic E-state index is 0.511. The van der Waals surface area contributed by atoms with Crippen molar-refractivity contribution in [1.29, 1.82) is 0 Å². The second-order valence-corrected chi connectivity index (χ2v) is 3.80. The Morgan fingerprint density at radius 3 is 2.88 bits per heavy atom. The van der Waals surface area contributed by atoms with Crippen LogP contribution in [-0.2, 0) is 13.6 Å². The molecule has 0 unspecified atom stereocenters. The Hall–Kier alpha value is -2.44. The summed E-state index contributed by atoms with van der Waals surface area (Å²) in [5, 5.41) is 9.36. The fourth-order valence-electron chi connectivity index (χ4n) is 1.67. The molecule has 7 heteroatoms. The zero-order valence-corrected chi connectivity index (χ0v) is 9.28. The monoisotopic (exact) mass is 229 g/mol. The molecule has 3 rings (SSSR count). The van der Waals surface area contributed by atoms with Crippen LogP contribution in [0, 0.1) is 0 Å². The molecule has 0 fully saturated rings. The van der Waals surface area contributed by atoms with Gasteiger partial charge in [0.1, 0.15) is 12.9 Å². The molecule has 0 bridgehead atoms. The van der Waals surface area contributed by atoms with E-state index in [1.807, 2.05) is 13.2 Å². The average Bonchev–Trinajstić information content (AvgIpc) is 2.86. The predicted molar refractivity (Wildman–Crippen MR) is 62.0 cm³/mol. The van der Waals surface area contributed by atoms with Crippen LogP contribution in [0.1, 0.15) is 5.82 Å². The number of aromatic nitrogens is 6. The van der Waals surface area contributed by atoms with Crippen molar-refractivity contribution >= 4 is 16.7 Å². The summed E-state index contributed by atoms with van der Waals surface area (Å²) in [5.41, 5.74) is 7.15. The van der Waals surface area contributed by atoms with E-state index < -0.39 is 0 Å². The van der Waals surface area contributed by atoms with Gasteiger partial charge in [0.25, 0.3) is 0 Å². The highest BCUT2D eigenvalue weighted by molar-refractivity contribution is 5.86. The van der Waals surface area contributed by atoms with Gasteiger partial charge in [0, 0.05) is 25.1 Å². The van der Waals surface area contributed by atoms with Gasteiger partial charge in [-0.15, -0.1) is 0 Å². The summed E-state index contributed by atoms with van der Waals surface area (Å²) in [5.74, 6) is 0.707. The highest BCUT2D eigenvalue weighted by Gasteiger charge is 2.06. The van der Waals surface area contributed by atoms with Gasteiger partial charge >= 0.3 is 0 Å². The van der Waals surface area contributed by atoms with Crippen LogP contribution in [0.4, 0.5) is 5.69 Å². The number of hydrogen-bond acceptors (Lipinski definition) is 5. The Labute approximate surface area is 96.9 Å². The molecular weight excluding hydrogens is 218 g/mol. The Kier molecular flexibility index (Phi) is 2.04. The predicted octanol–water partition coefficient (Wildman–Crippen LogP) is 0.190. The van der Waals surface area contributed by atoms with Gasteiger partial charge in [-0.05, 0) is 6.07 Å². The van der Waals surface area contributed by atoms with Gasteiger partial charge < -0.3 is 5.73 Å². The molecule has 3 heterocycles. The maximum absolute atomic E-state index is 5.84. The van der Waals surface area contributed by atoms with Crippen molar-refractivity contribution < 1.29 is 0 Å². The van der Waals surface area contributed by atoms with E-state index in [0.29, 0.717) is 23.7 Å². The number of nitrogen functional groups attached to an aromatic ring is 1. The van der Waals surface area contributed by atoms with Crippen molar-refractivity contribution in [2.75, 3.05) is 5.73 Å². The van der Waals surface area contributed by atoms with Crippen LogP contribution >= 0.6 is 0 Å². The Morgan fingerprint density at radius 2 is 2.18 bits per heavy atom. The van der Waals surface area contributed by atoms with Crippen LogP contribution in [0.25, 0.3) is 11.0 Å². The van der Waals surface area contributed by atoms with Crippen molar-refractivity contribution in [3.05, 3.63) is 30.6 Å². The molecule has 0 aliphatic heterocycles.